The summed E-state index contributed by atoms with van der Waals surface area (Å²) in [6.45, 7) is 2.79. The Labute approximate surface area is 193 Å². The van der Waals surface area contributed by atoms with Crippen molar-refractivity contribution in [2.75, 3.05) is 14.2 Å². The van der Waals surface area contributed by atoms with Crippen LogP contribution in [0.4, 0.5) is 0 Å². The van der Waals surface area contributed by atoms with Gasteiger partial charge >= 0.3 is 5.97 Å². The van der Waals surface area contributed by atoms with Crippen molar-refractivity contribution < 1.29 is 19.4 Å². The molecule has 2 N–H and O–H groups in total. The number of rotatable bonds is 8. The molecule has 4 aromatic rings. The first-order chi connectivity index (χ1) is 16.0. The summed E-state index contributed by atoms with van der Waals surface area (Å²) in [5, 5.41) is 15.4. The summed E-state index contributed by atoms with van der Waals surface area (Å²) in [5.74, 6) is 0.173. The second-order valence-corrected chi connectivity index (χ2v) is 7.96. The highest BCUT2D eigenvalue weighted by molar-refractivity contribution is 5.99. The molecule has 1 atom stereocenters. The lowest BCUT2D eigenvalue weighted by Gasteiger charge is -2.17. The molecule has 0 aromatic heterocycles. The van der Waals surface area contributed by atoms with E-state index in [0.717, 1.165) is 38.8 Å². The second kappa shape index (κ2) is 9.76. The van der Waals surface area contributed by atoms with Crippen LogP contribution < -0.4 is 14.8 Å². The Bertz CT molecular complexity index is 1300. The molecule has 0 spiro atoms. The van der Waals surface area contributed by atoms with Crippen LogP contribution in [0.3, 0.4) is 0 Å². The van der Waals surface area contributed by atoms with Gasteiger partial charge in [-0.05, 0) is 76.3 Å². The number of carboxylic acid groups (broad SMARTS) is 1. The molecule has 168 valence electrons. The summed E-state index contributed by atoms with van der Waals surface area (Å²) in [7, 11) is 3.15. The van der Waals surface area contributed by atoms with Crippen LogP contribution in [0.2, 0.25) is 0 Å². The van der Waals surface area contributed by atoms with Gasteiger partial charge < -0.3 is 19.9 Å². The molecule has 0 radical (unpaired) electrons. The number of ether oxygens (including phenoxy) is 2. The molecule has 4 aromatic carbocycles. The lowest BCUT2D eigenvalue weighted by Crippen LogP contribution is -2.18. The van der Waals surface area contributed by atoms with Gasteiger partial charge in [-0.3, -0.25) is 0 Å². The SMILES string of the molecule is COc1cccc([C@@H](C)NCc2cc(-c3ccc(OC)c(C(=O)O)c3)c3ccccc3c2)c1. The van der Waals surface area contributed by atoms with Gasteiger partial charge in [-0.1, -0.05) is 42.5 Å². The largest absolute Gasteiger partial charge is 0.497 e. The highest BCUT2D eigenvalue weighted by Crippen LogP contribution is 2.33. The molecule has 0 saturated carbocycles. The van der Waals surface area contributed by atoms with Crippen LogP contribution in [0.5, 0.6) is 11.5 Å². The number of benzene rings is 4. The number of carbonyl (C=O) groups is 1. The van der Waals surface area contributed by atoms with Crippen LogP contribution in [0.1, 0.15) is 34.5 Å². The van der Waals surface area contributed by atoms with Crippen molar-refractivity contribution in [3.63, 3.8) is 0 Å². The fraction of sp³-hybridized carbons (Fsp3) is 0.179. The number of hydrogen-bond donors (Lipinski definition) is 2. The molecule has 0 aliphatic heterocycles. The average Bonchev–Trinajstić information content (AvgIpc) is 2.86. The molecule has 0 amide bonds. The molecule has 4 rings (SSSR count). The highest BCUT2D eigenvalue weighted by Gasteiger charge is 2.15. The summed E-state index contributed by atoms with van der Waals surface area (Å²) in [6, 6.07) is 25.9. The Balaban J connectivity index is 1.69. The van der Waals surface area contributed by atoms with E-state index in [0.29, 0.717) is 12.3 Å². The zero-order valence-electron chi connectivity index (χ0n) is 19.0. The van der Waals surface area contributed by atoms with Crippen molar-refractivity contribution in [3.8, 4) is 22.6 Å². The Hall–Kier alpha value is -3.83. The maximum absolute atomic E-state index is 11.8. The van der Waals surface area contributed by atoms with Crippen LogP contribution in [0, 0.1) is 0 Å². The third kappa shape index (κ3) is 4.83. The molecule has 5 nitrogen and oxygen atoms in total. The maximum Gasteiger partial charge on any atom is 0.339 e. The van der Waals surface area contributed by atoms with E-state index in [1.807, 2.05) is 36.4 Å². The normalized spacial score (nSPS) is 11.8. The van der Waals surface area contributed by atoms with Gasteiger partial charge in [-0.2, -0.15) is 0 Å². The van der Waals surface area contributed by atoms with E-state index in [1.54, 1.807) is 19.2 Å². The molecule has 0 bridgehead atoms. The lowest BCUT2D eigenvalue weighted by molar-refractivity contribution is 0.0693. The fourth-order valence-corrected chi connectivity index (χ4v) is 4.06. The molecular formula is C28H27NO4. The predicted octanol–water partition coefficient (Wildman–Crippen LogP) is 6.07. The van der Waals surface area contributed by atoms with Crippen LogP contribution >= 0.6 is 0 Å². The molecule has 0 saturated heterocycles. The van der Waals surface area contributed by atoms with Crippen molar-refractivity contribution in [1.82, 2.24) is 5.32 Å². The van der Waals surface area contributed by atoms with E-state index < -0.39 is 5.97 Å². The van der Waals surface area contributed by atoms with Crippen LogP contribution in [0.15, 0.2) is 78.9 Å². The van der Waals surface area contributed by atoms with Gasteiger partial charge in [0, 0.05) is 12.6 Å². The van der Waals surface area contributed by atoms with E-state index in [4.69, 9.17) is 9.47 Å². The van der Waals surface area contributed by atoms with E-state index in [1.165, 1.54) is 7.11 Å². The summed E-state index contributed by atoms with van der Waals surface area (Å²) < 4.78 is 10.6. The standard InChI is InChI=1S/C28H27NO4/c1-18(20-8-6-9-23(15-20)32-2)29-17-19-13-21-7-4-5-10-24(21)25(14-19)22-11-12-27(33-3)26(16-22)28(30)31/h4-16,18,29H,17H2,1-3H3,(H,30,31)/t18-/m1/s1. The number of aromatic carboxylic acids is 1. The van der Waals surface area contributed by atoms with Gasteiger partial charge in [0.25, 0.3) is 0 Å². The van der Waals surface area contributed by atoms with Crippen molar-refractivity contribution >= 4 is 16.7 Å². The number of fused-ring (bicyclic) bond motifs is 1. The summed E-state index contributed by atoms with van der Waals surface area (Å²) in [5.41, 5.74) is 4.24. The molecule has 0 aliphatic carbocycles. The molecule has 0 heterocycles. The maximum atomic E-state index is 11.8. The van der Waals surface area contributed by atoms with Crippen LogP contribution in [-0.2, 0) is 6.54 Å². The quantitative estimate of drug-likeness (QED) is 0.347. The first-order valence-corrected chi connectivity index (χ1v) is 10.8. The van der Waals surface area contributed by atoms with Gasteiger partial charge in [0.15, 0.2) is 0 Å². The van der Waals surface area contributed by atoms with Crippen molar-refractivity contribution in [2.45, 2.75) is 19.5 Å². The first kappa shape index (κ1) is 22.4. The topological polar surface area (TPSA) is 67.8 Å². The van der Waals surface area contributed by atoms with Crippen molar-refractivity contribution in [2.24, 2.45) is 0 Å². The Morgan fingerprint density at radius 1 is 0.939 bits per heavy atom. The smallest absolute Gasteiger partial charge is 0.339 e. The van der Waals surface area contributed by atoms with E-state index in [2.05, 4.69) is 42.6 Å². The van der Waals surface area contributed by atoms with Crippen molar-refractivity contribution in [3.05, 3.63) is 95.6 Å². The fourth-order valence-electron chi connectivity index (χ4n) is 4.06. The number of methoxy groups -OCH3 is 2. The van der Waals surface area contributed by atoms with Crippen LogP contribution in [0.25, 0.3) is 21.9 Å². The number of hydrogen-bond acceptors (Lipinski definition) is 4. The molecule has 5 heteroatoms. The lowest BCUT2D eigenvalue weighted by atomic mass is 9.94. The molecule has 0 unspecified atom stereocenters. The minimum atomic E-state index is -1.01. The van der Waals surface area contributed by atoms with E-state index in [9.17, 15) is 9.90 Å². The first-order valence-electron chi connectivity index (χ1n) is 10.8. The summed E-state index contributed by atoms with van der Waals surface area (Å²) >= 11 is 0. The molecule has 0 fully saturated rings. The third-order valence-corrected chi connectivity index (χ3v) is 5.87. The van der Waals surface area contributed by atoms with Gasteiger partial charge in [0.2, 0.25) is 0 Å². The average molecular weight is 442 g/mol. The van der Waals surface area contributed by atoms with Crippen LogP contribution in [-0.4, -0.2) is 25.3 Å². The molecule has 33 heavy (non-hydrogen) atoms. The number of carboxylic acids is 1. The Morgan fingerprint density at radius 2 is 1.76 bits per heavy atom. The van der Waals surface area contributed by atoms with E-state index >= 15 is 0 Å². The van der Waals surface area contributed by atoms with Gasteiger partial charge in [0.05, 0.1) is 14.2 Å². The Kier molecular flexibility index (Phi) is 6.61. The zero-order valence-corrected chi connectivity index (χ0v) is 19.0. The minimum Gasteiger partial charge on any atom is -0.497 e. The number of nitrogens with one attached hydrogen (secondary N) is 1. The second-order valence-electron chi connectivity index (χ2n) is 7.96. The zero-order chi connectivity index (χ0) is 23.4. The monoisotopic (exact) mass is 441 g/mol. The van der Waals surface area contributed by atoms with Crippen molar-refractivity contribution in [1.29, 1.82) is 0 Å². The van der Waals surface area contributed by atoms with Gasteiger partial charge in [-0.25, -0.2) is 4.79 Å². The van der Waals surface area contributed by atoms with Gasteiger partial charge in [-0.15, -0.1) is 0 Å². The minimum absolute atomic E-state index is 0.134. The summed E-state index contributed by atoms with van der Waals surface area (Å²) in [6.07, 6.45) is 0. The highest BCUT2D eigenvalue weighted by atomic mass is 16.5. The van der Waals surface area contributed by atoms with E-state index in [-0.39, 0.29) is 11.6 Å². The third-order valence-electron chi connectivity index (χ3n) is 5.87. The molecule has 0 aliphatic rings. The summed E-state index contributed by atoms with van der Waals surface area (Å²) in [4.78, 5) is 11.8. The Morgan fingerprint density at radius 3 is 2.52 bits per heavy atom. The van der Waals surface area contributed by atoms with Gasteiger partial charge in [0.1, 0.15) is 17.1 Å². The molecular weight excluding hydrogens is 414 g/mol. The predicted molar refractivity (Wildman–Crippen MR) is 131 cm³/mol.